The number of anilines is 1. The van der Waals surface area contributed by atoms with Crippen LogP contribution in [0.1, 0.15) is 31.9 Å². The summed E-state index contributed by atoms with van der Waals surface area (Å²) in [4.78, 5) is 16.9. The van der Waals surface area contributed by atoms with Gasteiger partial charge in [0.1, 0.15) is 4.32 Å². The molecule has 0 unspecified atom stereocenters. The molecule has 0 radical (unpaired) electrons. The van der Waals surface area contributed by atoms with E-state index in [1.807, 2.05) is 12.1 Å². The third-order valence-corrected chi connectivity index (χ3v) is 6.51. The number of likely N-dealkylation sites (N-methyl/N-ethyl adjacent to an activating group) is 1. The van der Waals surface area contributed by atoms with Gasteiger partial charge in [0.05, 0.1) is 10.4 Å². The number of thiocarbonyl (C=S) groups is 1. The van der Waals surface area contributed by atoms with E-state index in [0.717, 1.165) is 16.8 Å². The van der Waals surface area contributed by atoms with Crippen molar-refractivity contribution in [3.63, 3.8) is 0 Å². The van der Waals surface area contributed by atoms with Crippen LogP contribution in [-0.4, -0.2) is 34.3 Å². The second-order valence-corrected chi connectivity index (χ2v) is 9.09. The summed E-state index contributed by atoms with van der Waals surface area (Å²) in [5, 5.41) is 0.620. The Bertz CT molecular complexity index is 886. The van der Waals surface area contributed by atoms with E-state index in [1.54, 1.807) is 11.0 Å². The van der Waals surface area contributed by atoms with Crippen LogP contribution in [0, 0.1) is 0 Å². The highest BCUT2D eigenvalue weighted by Crippen LogP contribution is 2.42. The minimum Gasteiger partial charge on any atom is -0.365 e. The molecule has 26 heavy (non-hydrogen) atoms. The Morgan fingerprint density at radius 2 is 2.08 bits per heavy atom. The lowest BCUT2D eigenvalue weighted by molar-refractivity contribution is -0.121. The first-order valence-electron chi connectivity index (χ1n) is 8.29. The average Bonchev–Trinajstić information content (AvgIpc) is 2.82. The van der Waals surface area contributed by atoms with E-state index in [0.29, 0.717) is 20.8 Å². The van der Waals surface area contributed by atoms with Crippen molar-refractivity contribution in [1.82, 2.24) is 4.90 Å². The summed E-state index contributed by atoms with van der Waals surface area (Å²) >= 11 is 13.2. The number of hydrogen-bond acceptors (Lipinski definition) is 4. The van der Waals surface area contributed by atoms with E-state index in [-0.39, 0.29) is 11.4 Å². The zero-order chi connectivity index (χ0) is 19.2. The predicted octanol–water partition coefficient (Wildman–Crippen LogP) is 5.36. The Kier molecular flexibility index (Phi) is 5.08. The number of carbonyl (C=O) groups is 1. The number of rotatable bonds is 3. The number of allylic oxidation sites excluding steroid dienone is 1. The molecule has 1 aromatic carbocycles. The Hall–Kier alpha value is -1.56. The van der Waals surface area contributed by atoms with E-state index >= 15 is 0 Å². The quantitative estimate of drug-likeness (QED) is 0.384. The molecule has 0 N–H and O–H groups in total. The van der Waals surface area contributed by atoms with Crippen molar-refractivity contribution in [3.05, 3.63) is 51.9 Å². The van der Waals surface area contributed by atoms with E-state index in [2.05, 4.69) is 51.4 Å². The lowest BCUT2D eigenvalue weighted by Crippen LogP contribution is -2.42. The second-order valence-electron chi connectivity index (χ2n) is 7.01. The van der Waals surface area contributed by atoms with Crippen LogP contribution in [0.4, 0.5) is 5.69 Å². The normalized spacial score (nSPS) is 20.5. The van der Waals surface area contributed by atoms with Gasteiger partial charge in [-0.2, -0.15) is 0 Å². The lowest BCUT2D eigenvalue weighted by Gasteiger charge is -2.40. The van der Waals surface area contributed by atoms with Crippen LogP contribution in [0.25, 0.3) is 11.6 Å². The number of nitrogens with zero attached hydrogens (tertiary/aromatic N) is 2. The molecule has 3 nitrogen and oxygen atoms in total. The highest BCUT2D eigenvalue weighted by atomic mass is 35.5. The molecule has 2 heterocycles. The predicted molar refractivity (Wildman–Crippen MR) is 118 cm³/mol. The molecule has 0 aliphatic carbocycles. The topological polar surface area (TPSA) is 23.6 Å². The lowest BCUT2D eigenvalue weighted by atomic mass is 9.88. The number of amides is 1. The number of thioether (sulfide) groups is 1. The molecular formula is C20H21ClN2OS2. The summed E-state index contributed by atoms with van der Waals surface area (Å²) in [6, 6.07) is 4.03. The van der Waals surface area contributed by atoms with Gasteiger partial charge in [0.15, 0.2) is 0 Å². The molecule has 3 rings (SSSR count). The van der Waals surface area contributed by atoms with Gasteiger partial charge in [0, 0.05) is 29.9 Å². The van der Waals surface area contributed by atoms with Crippen LogP contribution in [0.3, 0.4) is 0 Å². The Morgan fingerprint density at radius 3 is 2.73 bits per heavy atom. The maximum Gasteiger partial charge on any atom is 0.266 e. The average molecular weight is 405 g/mol. The molecule has 0 bridgehead atoms. The second kappa shape index (κ2) is 6.87. The fraction of sp³-hybridized carbons (Fsp3) is 0.300. The molecule has 0 spiro atoms. The van der Waals surface area contributed by atoms with Crippen LogP contribution in [0.5, 0.6) is 0 Å². The first-order valence-corrected chi connectivity index (χ1v) is 9.89. The number of halogens is 1. The van der Waals surface area contributed by atoms with Crippen LogP contribution in [0.15, 0.2) is 35.8 Å². The highest BCUT2D eigenvalue weighted by molar-refractivity contribution is 8.26. The molecule has 1 saturated heterocycles. The summed E-state index contributed by atoms with van der Waals surface area (Å²) in [6.45, 7) is 10.5. The largest absolute Gasteiger partial charge is 0.365 e. The van der Waals surface area contributed by atoms with Gasteiger partial charge < -0.3 is 4.90 Å². The maximum absolute atomic E-state index is 12.6. The Morgan fingerprint density at radius 1 is 1.38 bits per heavy atom. The van der Waals surface area contributed by atoms with Crippen molar-refractivity contribution in [3.8, 4) is 0 Å². The van der Waals surface area contributed by atoms with Gasteiger partial charge in [-0.1, -0.05) is 47.7 Å². The van der Waals surface area contributed by atoms with Crippen molar-refractivity contribution >= 4 is 63.1 Å². The zero-order valence-corrected chi connectivity index (χ0v) is 17.7. The zero-order valence-electron chi connectivity index (χ0n) is 15.3. The smallest absolute Gasteiger partial charge is 0.266 e. The van der Waals surface area contributed by atoms with E-state index in [1.165, 1.54) is 17.3 Å². The molecule has 2 aliphatic heterocycles. The monoisotopic (exact) mass is 404 g/mol. The Labute approximate surface area is 169 Å². The Balaban J connectivity index is 2.04. The third-order valence-electron chi connectivity index (χ3n) is 4.81. The van der Waals surface area contributed by atoms with Gasteiger partial charge in [-0.25, -0.2) is 0 Å². The van der Waals surface area contributed by atoms with Gasteiger partial charge >= 0.3 is 0 Å². The van der Waals surface area contributed by atoms with E-state index in [4.69, 9.17) is 23.8 Å². The fourth-order valence-corrected chi connectivity index (χ4v) is 4.70. The summed E-state index contributed by atoms with van der Waals surface area (Å²) in [7, 11) is 2.07. The molecule has 136 valence electrons. The molecule has 1 amide bonds. The highest BCUT2D eigenvalue weighted by Gasteiger charge is 2.32. The SMILES string of the molecule is C=CCN1C(=O)/C(=C\c2cc3c(cc2Cl)N(C)C(C)(C)C=C3C)SC1=S. The van der Waals surface area contributed by atoms with Crippen molar-refractivity contribution in [1.29, 1.82) is 0 Å². The molecular weight excluding hydrogens is 384 g/mol. The maximum atomic E-state index is 12.6. The van der Waals surface area contributed by atoms with Crippen LogP contribution >= 0.6 is 35.6 Å². The third kappa shape index (κ3) is 3.24. The number of benzene rings is 1. The van der Waals surface area contributed by atoms with Gasteiger partial charge in [-0.15, -0.1) is 6.58 Å². The van der Waals surface area contributed by atoms with Gasteiger partial charge in [-0.05, 0) is 50.1 Å². The van der Waals surface area contributed by atoms with Crippen LogP contribution in [-0.2, 0) is 4.79 Å². The van der Waals surface area contributed by atoms with Gasteiger partial charge in [0.2, 0.25) is 0 Å². The summed E-state index contributed by atoms with van der Waals surface area (Å²) in [6.07, 6.45) is 5.75. The first-order chi connectivity index (χ1) is 12.2. The van der Waals surface area contributed by atoms with Gasteiger partial charge in [0.25, 0.3) is 5.91 Å². The molecule has 2 aliphatic rings. The summed E-state index contributed by atoms with van der Waals surface area (Å²) < 4.78 is 0.549. The molecule has 1 aromatic rings. The number of hydrogen-bond donors (Lipinski definition) is 0. The molecule has 0 saturated carbocycles. The van der Waals surface area contributed by atoms with Crippen molar-refractivity contribution in [2.24, 2.45) is 0 Å². The fourth-order valence-electron chi connectivity index (χ4n) is 3.23. The van der Waals surface area contributed by atoms with Crippen LogP contribution in [0.2, 0.25) is 5.02 Å². The minimum absolute atomic E-state index is 0.0744. The standard InChI is InChI=1S/C20H21ClN2OS2/c1-6-7-23-18(24)17(26-19(23)25)9-13-8-14-12(2)11-20(3,4)22(5)16(14)10-15(13)21/h6,8-11H,1,7H2,2-5H3/b17-9+. The van der Waals surface area contributed by atoms with E-state index < -0.39 is 0 Å². The number of fused-ring (bicyclic) bond motifs is 1. The van der Waals surface area contributed by atoms with Crippen LogP contribution < -0.4 is 4.90 Å². The minimum atomic E-state index is -0.0980. The van der Waals surface area contributed by atoms with Gasteiger partial charge in [-0.3, -0.25) is 9.69 Å². The first kappa shape index (κ1) is 19.2. The summed E-state index contributed by atoms with van der Waals surface area (Å²) in [5.74, 6) is -0.0980. The van der Waals surface area contributed by atoms with Crippen molar-refractivity contribution < 1.29 is 4.79 Å². The summed E-state index contributed by atoms with van der Waals surface area (Å²) in [5.41, 5.74) is 4.18. The molecule has 1 fully saturated rings. The molecule has 0 atom stereocenters. The van der Waals surface area contributed by atoms with E-state index in [9.17, 15) is 4.79 Å². The number of carbonyl (C=O) groups excluding carboxylic acids is 1. The van der Waals surface area contributed by atoms with Crippen molar-refractivity contribution in [2.75, 3.05) is 18.5 Å². The molecule has 0 aromatic heterocycles. The molecule has 6 heteroatoms. The van der Waals surface area contributed by atoms with Crippen molar-refractivity contribution in [2.45, 2.75) is 26.3 Å².